The fourth-order valence-corrected chi connectivity index (χ4v) is 3.02. The normalized spacial score (nSPS) is 11.0. The summed E-state index contributed by atoms with van der Waals surface area (Å²) in [6, 6.07) is 9.66. The van der Waals surface area contributed by atoms with Gasteiger partial charge in [-0.25, -0.2) is 0 Å². The Kier molecular flexibility index (Phi) is 5.03. The maximum atomic E-state index is 12.2. The summed E-state index contributed by atoms with van der Waals surface area (Å²) in [5.74, 6) is 0.757. The Labute approximate surface area is 146 Å². The van der Waals surface area contributed by atoms with E-state index in [1.54, 1.807) is 6.26 Å². The molecule has 2 N–H and O–H groups in total. The number of aromatic amines is 1. The van der Waals surface area contributed by atoms with Crippen molar-refractivity contribution in [3.8, 4) is 0 Å². The minimum atomic E-state index is -0.0951. The van der Waals surface area contributed by atoms with E-state index in [0.717, 1.165) is 27.8 Å². The van der Waals surface area contributed by atoms with Crippen LogP contribution in [0.5, 0.6) is 0 Å². The van der Waals surface area contributed by atoms with Crippen LogP contribution in [-0.4, -0.2) is 17.4 Å². The van der Waals surface area contributed by atoms with Crippen LogP contribution >= 0.6 is 0 Å². The first-order valence-electron chi connectivity index (χ1n) is 8.45. The van der Waals surface area contributed by atoms with Gasteiger partial charge in [-0.3, -0.25) is 9.59 Å². The van der Waals surface area contributed by atoms with Crippen molar-refractivity contribution in [3.63, 3.8) is 0 Å². The fraction of sp³-hybridized carbons (Fsp3) is 0.300. The molecule has 25 heavy (non-hydrogen) atoms. The lowest BCUT2D eigenvalue weighted by Gasteiger charge is -2.08. The standard InChI is InChI=1S/C20H22N2O3/c1-13-10-14(2)17-12-15(20(24)22-18(17)11-13)7-8-21-19(23)6-5-16-4-3-9-25-16/h3-4,9-12H,5-8H2,1-2H3,(H,21,23)(H,22,24). The molecule has 0 spiro atoms. The van der Waals surface area contributed by atoms with E-state index in [1.165, 1.54) is 0 Å². The third-order valence-corrected chi connectivity index (χ3v) is 4.28. The number of rotatable bonds is 6. The molecule has 0 atom stereocenters. The molecule has 0 saturated carbocycles. The maximum absolute atomic E-state index is 12.2. The van der Waals surface area contributed by atoms with Gasteiger partial charge < -0.3 is 14.7 Å². The van der Waals surface area contributed by atoms with Gasteiger partial charge in [0.2, 0.25) is 5.91 Å². The molecule has 2 heterocycles. The molecule has 1 amide bonds. The molecule has 0 aliphatic rings. The first-order chi connectivity index (χ1) is 12.0. The first-order valence-corrected chi connectivity index (χ1v) is 8.45. The molecule has 0 radical (unpaired) electrons. The van der Waals surface area contributed by atoms with Crippen LogP contribution < -0.4 is 10.9 Å². The number of furan rings is 1. The number of hydrogen-bond acceptors (Lipinski definition) is 3. The summed E-state index contributed by atoms with van der Waals surface area (Å²) in [6.45, 7) is 4.49. The monoisotopic (exact) mass is 338 g/mol. The van der Waals surface area contributed by atoms with Gasteiger partial charge in [-0.1, -0.05) is 6.07 Å². The molecule has 0 unspecified atom stereocenters. The fourth-order valence-electron chi connectivity index (χ4n) is 3.02. The molecule has 0 aliphatic heterocycles. The average Bonchev–Trinajstić information content (AvgIpc) is 3.07. The number of nitrogens with one attached hydrogen (secondary N) is 2. The molecule has 0 aliphatic carbocycles. The number of pyridine rings is 1. The van der Waals surface area contributed by atoms with Crippen molar-refractivity contribution in [2.45, 2.75) is 33.1 Å². The maximum Gasteiger partial charge on any atom is 0.251 e. The summed E-state index contributed by atoms with van der Waals surface area (Å²) in [5, 5.41) is 3.90. The zero-order valence-electron chi connectivity index (χ0n) is 14.5. The number of aromatic nitrogens is 1. The van der Waals surface area contributed by atoms with Gasteiger partial charge in [0.15, 0.2) is 0 Å². The van der Waals surface area contributed by atoms with Gasteiger partial charge in [0, 0.05) is 35.9 Å². The van der Waals surface area contributed by atoms with Crippen LogP contribution in [0.25, 0.3) is 10.9 Å². The smallest absolute Gasteiger partial charge is 0.251 e. The van der Waals surface area contributed by atoms with Crippen LogP contribution in [0.3, 0.4) is 0 Å². The zero-order chi connectivity index (χ0) is 17.8. The Hall–Kier alpha value is -2.82. The Morgan fingerprint density at radius 3 is 2.80 bits per heavy atom. The van der Waals surface area contributed by atoms with E-state index < -0.39 is 0 Å². The van der Waals surface area contributed by atoms with E-state index in [2.05, 4.69) is 16.4 Å². The van der Waals surface area contributed by atoms with E-state index in [-0.39, 0.29) is 11.5 Å². The zero-order valence-corrected chi connectivity index (χ0v) is 14.5. The number of aryl methyl sites for hydroxylation is 3. The van der Waals surface area contributed by atoms with Gasteiger partial charge >= 0.3 is 0 Å². The molecule has 5 heteroatoms. The van der Waals surface area contributed by atoms with Gasteiger partial charge in [0.25, 0.3) is 5.56 Å². The predicted molar refractivity (Wildman–Crippen MR) is 97.8 cm³/mol. The highest BCUT2D eigenvalue weighted by atomic mass is 16.3. The topological polar surface area (TPSA) is 75.1 Å². The molecular weight excluding hydrogens is 316 g/mol. The summed E-state index contributed by atoms with van der Waals surface area (Å²) >= 11 is 0. The number of benzene rings is 1. The van der Waals surface area contributed by atoms with Gasteiger partial charge in [0.05, 0.1) is 6.26 Å². The molecule has 130 valence electrons. The highest BCUT2D eigenvalue weighted by molar-refractivity contribution is 5.83. The number of H-pyrrole nitrogens is 1. The summed E-state index contributed by atoms with van der Waals surface area (Å²) in [7, 11) is 0. The minimum Gasteiger partial charge on any atom is -0.469 e. The van der Waals surface area contributed by atoms with E-state index in [1.807, 2.05) is 38.1 Å². The molecule has 2 aromatic heterocycles. The van der Waals surface area contributed by atoms with Crippen molar-refractivity contribution in [1.82, 2.24) is 10.3 Å². The van der Waals surface area contributed by atoms with E-state index in [9.17, 15) is 9.59 Å². The summed E-state index contributed by atoms with van der Waals surface area (Å²) < 4.78 is 5.21. The number of hydrogen-bond donors (Lipinski definition) is 2. The first kappa shape index (κ1) is 17.0. The van der Waals surface area contributed by atoms with Crippen LogP contribution in [0.1, 0.15) is 28.9 Å². The van der Waals surface area contributed by atoms with Gasteiger partial charge in [-0.05, 0) is 55.7 Å². The number of amides is 1. The predicted octanol–water partition coefficient (Wildman–Crippen LogP) is 3.03. The third-order valence-electron chi connectivity index (χ3n) is 4.28. The summed E-state index contributed by atoms with van der Waals surface area (Å²) in [6.07, 6.45) is 3.06. The van der Waals surface area contributed by atoms with Crippen LogP contribution in [0.4, 0.5) is 0 Å². The lowest BCUT2D eigenvalue weighted by molar-refractivity contribution is -0.121. The number of fused-ring (bicyclic) bond motifs is 1. The second-order valence-electron chi connectivity index (χ2n) is 6.35. The second-order valence-corrected chi connectivity index (χ2v) is 6.35. The van der Waals surface area contributed by atoms with Crippen molar-refractivity contribution in [3.05, 3.63) is 69.4 Å². The highest BCUT2D eigenvalue weighted by Crippen LogP contribution is 2.18. The van der Waals surface area contributed by atoms with Crippen molar-refractivity contribution in [1.29, 1.82) is 0 Å². The Morgan fingerprint density at radius 1 is 1.20 bits per heavy atom. The largest absolute Gasteiger partial charge is 0.469 e. The molecule has 0 fully saturated rings. The Morgan fingerprint density at radius 2 is 2.04 bits per heavy atom. The van der Waals surface area contributed by atoms with Crippen LogP contribution in [-0.2, 0) is 17.6 Å². The Bertz CT molecular complexity index is 939. The van der Waals surface area contributed by atoms with Crippen molar-refractivity contribution < 1.29 is 9.21 Å². The quantitative estimate of drug-likeness (QED) is 0.725. The molecule has 3 rings (SSSR count). The molecule has 0 saturated heterocycles. The van der Waals surface area contributed by atoms with Crippen LogP contribution in [0.15, 0.2) is 45.8 Å². The average molecular weight is 338 g/mol. The van der Waals surface area contributed by atoms with Crippen molar-refractivity contribution >= 4 is 16.8 Å². The summed E-state index contributed by atoms with van der Waals surface area (Å²) in [5.41, 5.74) is 3.70. The summed E-state index contributed by atoms with van der Waals surface area (Å²) in [4.78, 5) is 27.1. The van der Waals surface area contributed by atoms with Gasteiger partial charge in [-0.15, -0.1) is 0 Å². The SMILES string of the molecule is Cc1cc(C)c2cc(CCNC(=O)CCc3ccco3)c(=O)[nH]c2c1. The molecule has 1 aromatic carbocycles. The number of carbonyl (C=O) groups is 1. The second kappa shape index (κ2) is 7.38. The van der Waals surface area contributed by atoms with Crippen molar-refractivity contribution in [2.75, 3.05) is 6.54 Å². The lowest BCUT2D eigenvalue weighted by Crippen LogP contribution is -2.27. The van der Waals surface area contributed by atoms with Crippen LogP contribution in [0.2, 0.25) is 0 Å². The van der Waals surface area contributed by atoms with Crippen LogP contribution in [0, 0.1) is 13.8 Å². The third kappa shape index (κ3) is 4.18. The Balaban J connectivity index is 1.60. The molecule has 5 nitrogen and oxygen atoms in total. The van der Waals surface area contributed by atoms with Crippen molar-refractivity contribution in [2.24, 2.45) is 0 Å². The molecule has 3 aromatic rings. The van der Waals surface area contributed by atoms with Gasteiger partial charge in [-0.2, -0.15) is 0 Å². The van der Waals surface area contributed by atoms with Gasteiger partial charge in [0.1, 0.15) is 5.76 Å². The minimum absolute atomic E-state index is 0.0413. The molecule has 0 bridgehead atoms. The molecular formula is C20H22N2O3. The van der Waals surface area contributed by atoms with E-state index in [0.29, 0.717) is 31.4 Å². The highest BCUT2D eigenvalue weighted by Gasteiger charge is 2.07. The lowest BCUT2D eigenvalue weighted by atomic mass is 10.0. The van der Waals surface area contributed by atoms with E-state index in [4.69, 9.17) is 4.42 Å². The number of carbonyl (C=O) groups excluding carboxylic acids is 1. The van der Waals surface area contributed by atoms with E-state index >= 15 is 0 Å².